The van der Waals surface area contributed by atoms with Crippen LogP contribution in [0, 0.1) is 6.92 Å². The Kier molecular flexibility index (Phi) is 5.28. The predicted molar refractivity (Wildman–Crippen MR) is 88.4 cm³/mol. The number of ether oxygens (including phenoxy) is 1. The average molecular weight is 304 g/mol. The Morgan fingerprint density at radius 3 is 2.41 bits per heavy atom. The molecule has 0 aliphatic heterocycles. The molecule has 0 aromatic heterocycles. The first-order chi connectivity index (χ1) is 10.3. The minimum absolute atomic E-state index is 0.0887. The van der Waals surface area contributed by atoms with Crippen molar-refractivity contribution in [3.63, 3.8) is 0 Å². The monoisotopic (exact) mass is 304 g/mol. The van der Waals surface area contributed by atoms with E-state index >= 15 is 0 Å². The van der Waals surface area contributed by atoms with Gasteiger partial charge in [0.05, 0.1) is 18.1 Å². The molecular weight excluding hydrogens is 276 g/mol. The van der Waals surface area contributed by atoms with Gasteiger partial charge in [0.15, 0.2) is 0 Å². The van der Waals surface area contributed by atoms with E-state index in [1.165, 1.54) is 11.1 Å². The third-order valence-electron chi connectivity index (χ3n) is 4.36. The molecule has 0 heterocycles. The first-order valence-electron chi connectivity index (χ1n) is 8.24. The van der Waals surface area contributed by atoms with E-state index in [1.54, 1.807) is 0 Å². The van der Waals surface area contributed by atoms with E-state index in [0.717, 1.165) is 31.2 Å². The van der Waals surface area contributed by atoms with Gasteiger partial charge in [-0.2, -0.15) is 0 Å². The number of hydrogen-bond acceptors (Lipinski definition) is 2. The minimum Gasteiger partial charge on any atom is -0.481 e. The molecule has 3 heteroatoms. The Morgan fingerprint density at radius 1 is 1.23 bits per heavy atom. The molecule has 3 nitrogen and oxygen atoms in total. The van der Waals surface area contributed by atoms with Crippen LogP contribution < -0.4 is 0 Å². The molecule has 0 atom stereocenters. The van der Waals surface area contributed by atoms with Crippen LogP contribution in [0.15, 0.2) is 18.2 Å². The highest BCUT2D eigenvalue weighted by atomic mass is 16.5. The molecule has 0 bridgehead atoms. The Morgan fingerprint density at radius 2 is 1.86 bits per heavy atom. The molecule has 1 aromatic carbocycles. The number of aryl methyl sites for hydroxylation is 1. The summed E-state index contributed by atoms with van der Waals surface area (Å²) in [6.07, 6.45) is 4.74. The van der Waals surface area contributed by atoms with Crippen molar-refractivity contribution < 1.29 is 14.6 Å². The maximum atomic E-state index is 11.1. The van der Waals surface area contributed by atoms with Crippen LogP contribution in [0.2, 0.25) is 0 Å². The van der Waals surface area contributed by atoms with E-state index < -0.39 is 5.97 Å². The number of carbonyl (C=O) groups is 1. The zero-order chi connectivity index (χ0) is 16.3. The van der Waals surface area contributed by atoms with Crippen LogP contribution in [-0.4, -0.2) is 22.8 Å². The number of rotatable bonds is 4. The summed E-state index contributed by atoms with van der Waals surface area (Å²) in [4.78, 5) is 11.1. The van der Waals surface area contributed by atoms with Crippen molar-refractivity contribution in [1.29, 1.82) is 0 Å². The van der Waals surface area contributed by atoms with Crippen molar-refractivity contribution >= 4 is 5.97 Å². The van der Waals surface area contributed by atoms with E-state index in [4.69, 9.17) is 9.84 Å². The number of carboxylic acids is 1. The van der Waals surface area contributed by atoms with Gasteiger partial charge < -0.3 is 9.84 Å². The van der Waals surface area contributed by atoms with Crippen molar-refractivity contribution in [2.75, 3.05) is 0 Å². The Bertz CT molecular complexity index is 520. The van der Waals surface area contributed by atoms with Crippen LogP contribution >= 0.6 is 0 Å². The third-order valence-corrected chi connectivity index (χ3v) is 4.36. The number of benzene rings is 1. The summed E-state index contributed by atoms with van der Waals surface area (Å²) >= 11 is 0. The zero-order valence-electron chi connectivity index (χ0n) is 14.2. The van der Waals surface area contributed by atoms with Gasteiger partial charge in [0, 0.05) is 0 Å². The first kappa shape index (κ1) is 17.0. The molecular formula is C19H28O3. The van der Waals surface area contributed by atoms with E-state index in [9.17, 15) is 4.79 Å². The summed E-state index contributed by atoms with van der Waals surface area (Å²) in [6, 6.07) is 6.03. The van der Waals surface area contributed by atoms with Crippen LogP contribution in [0.25, 0.3) is 0 Å². The highest BCUT2D eigenvalue weighted by Gasteiger charge is 2.28. The van der Waals surface area contributed by atoms with Gasteiger partial charge in [-0.25, -0.2) is 0 Å². The molecule has 0 unspecified atom stereocenters. The van der Waals surface area contributed by atoms with Crippen molar-refractivity contribution in [3.05, 3.63) is 34.9 Å². The third kappa shape index (κ3) is 4.57. The van der Waals surface area contributed by atoms with Crippen LogP contribution in [-0.2, 0) is 16.0 Å². The van der Waals surface area contributed by atoms with E-state index in [0.29, 0.717) is 12.0 Å². The highest BCUT2D eigenvalue weighted by molar-refractivity contribution is 5.71. The summed E-state index contributed by atoms with van der Waals surface area (Å²) in [5, 5.41) is 9.13. The van der Waals surface area contributed by atoms with Gasteiger partial charge in [0.25, 0.3) is 0 Å². The summed E-state index contributed by atoms with van der Waals surface area (Å²) < 4.78 is 6.09. The SMILES string of the molecule is Cc1cccc(CC(=O)O)c1C1CCC(OC(C)(C)C)CC1. The molecule has 1 aliphatic carbocycles. The molecule has 2 rings (SSSR count). The fourth-order valence-corrected chi connectivity index (χ4v) is 3.61. The lowest BCUT2D eigenvalue weighted by molar-refractivity contribution is -0.136. The number of aliphatic carboxylic acids is 1. The second-order valence-electron chi connectivity index (χ2n) is 7.42. The van der Waals surface area contributed by atoms with Crippen LogP contribution in [0.3, 0.4) is 0 Å². The summed E-state index contributed by atoms with van der Waals surface area (Å²) in [5.74, 6) is -0.285. The fourth-order valence-electron chi connectivity index (χ4n) is 3.61. The molecule has 1 saturated carbocycles. The standard InChI is InChI=1S/C19H28O3/c1-13-6-5-7-15(12-17(20)21)18(13)14-8-10-16(11-9-14)22-19(2,3)4/h5-7,14,16H,8-12H2,1-4H3,(H,20,21). The Labute approximate surface area is 133 Å². The van der Waals surface area contributed by atoms with Gasteiger partial charge in [-0.05, 0) is 76.0 Å². The van der Waals surface area contributed by atoms with Gasteiger partial charge in [0.1, 0.15) is 0 Å². The fraction of sp³-hybridized carbons (Fsp3) is 0.632. The molecule has 0 amide bonds. The topological polar surface area (TPSA) is 46.5 Å². The van der Waals surface area contributed by atoms with Gasteiger partial charge in [-0.15, -0.1) is 0 Å². The molecule has 0 spiro atoms. The van der Waals surface area contributed by atoms with Gasteiger partial charge >= 0.3 is 5.97 Å². The Balaban J connectivity index is 2.09. The lowest BCUT2D eigenvalue weighted by Crippen LogP contribution is -2.30. The first-order valence-corrected chi connectivity index (χ1v) is 8.24. The molecule has 0 saturated heterocycles. The van der Waals surface area contributed by atoms with Crippen LogP contribution in [0.4, 0.5) is 0 Å². The normalized spacial score (nSPS) is 22.5. The van der Waals surface area contributed by atoms with Gasteiger partial charge in [-0.1, -0.05) is 18.2 Å². The van der Waals surface area contributed by atoms with E-state index in [2.05, 4.69) is 33.8 Å². The summed E-state index contributed by atoms with van der Waals surface area (Å²) in [5.41, 5.74) is 3.37. The molecule has 1 aliphatic rings. The maximum Gasteiger partial charge on any atom is 0.307 e. The molecule has 0 radical (unpaired) electrons. The smallest absolute Gasteiger partial charge is 0.307 e. The van der Waals surface area contributed by atoms with Gasteiger partial charge in [-0.3, -0.25) is 4.79 Å². The predicted octanol–water partition coefficient (Wildman–Crippen LogP) is 4.46. The van der Waals surface area contributed by atoms with Crippen molar-refractivity contribution in [3.8, 4) is 0 Å². The quantitative estimate of drug-likeness (QED) is 0.893. The Hall–Kier alpha value is -1.35. The maximum absolute atomic E-state index is 11.1. The van der Waals surface area contributed by atoms with Crippen LogP contribution in [0.5, 0.6) is 0 Å². The van der Waals surface area contributed by atoms with E-state index in [1.807, 2.05) is 12.1 Å². The molecule has 1 aromatic rings. The van der Waals surface area contributed by atoms with Crippen molar-refractivity contribution in [1.82, 2.24) is 0 Å². The summed E-state index contributed by atoms with van der Waals surface area (Å²) in [6.45, 7) is 8.40. The van der Waals surface area contributed by atoms with E-state index in [-0.39, 0.29) is 12.0 Å². The highest BCUT2D eigenvalue weighted by Crippen LogP contribution is 2.38. The lowest BCUT2D eigenvalue weighted by Gasteiger charge is -2.34. The largest absolute Gasteiger partial charge is 0.481 e. The second kappa shape index (κ2) is 6.82. The second-order valence-corrected chi connectivity index (χ2v) is 7.42. The van der Waals surface area contributed by atoms with Crippen molar-refractivity contribution in [2.24, 2.45) is 0 Å². The molecule has 1 N–H and O–H groups in total. The minimum atomic E-state index is -0.753. The molecule has 22 heavy (non-hydrogen) atoms. The molecule has 1 fully saturated rings. The molecule has 122 valence electrons. The average Bonchev–Trinajstić information content (AvgIpc) is 2.38. The van der Waals surface area contributed by atoms with Crippen molar-refractivity contribution in [2.45, 2.75) is 77.4 Å². The van der Waals surface area contributed by atoms with Gasteiger partial charge in [0.2, 0.25) is 0 Å². The number of carboxylic acid groups (broad SMARTS) is 1. The summed E-state index contributed by atoms with van der Waals surface area (Å²) in [7, 11) is 0. The number of hydrogen-bond donors (Lipinski definition) is 1. The van der Waals surface area contributed by atoms with Crippen LogP contribution in [0.1, 0.15) is 69.1 Å². The zero-order valence-corrected chi connectivity index (χ0v) is 14.2. The lowest BCUT2D eigenvalue weighted by atomic mass is 9.78.